The van der Waals surface area contributed by atoms with Crippen LogP contribution in [0.25, 0.3) is 0 Å². The van der Waals surface area contributed by atoms with E-state index in [4.69, 9.17) is 14.7 Å². The molecule has 1 aliphatic heterocycles. The maximum Gasteiger partial charge on any atom is 0.213 e. The van der Waals surface area contributed by atoms with E-state index in [2.05, 4.69) is 21.6 Å². The van der Waals surface area contributed by atoms with Gasteiger partial charge in [-0.05, 0) is 32.0 Å². The van der Waals surface area contributed by atoms with Gasteiger partial charge in [0.05, 0.1) is 11.3 Å². The molecule has 0 amide bonds. The second kappa shape index (κ2) is 8.91. The molecule has 1 saturated heterocycles. The average Bonchev–Trinajstić information content (AvgIpc) is 2.61. The number of aromatic nitrogens is 1. The van der Waals surface area contributed by atoms with Crippen molar-refractivity contribution in [2.45, 2.75) is 32.3 Å². The van der Waals surface area contributed by atoms with Crippen LogP contribution in [0.5, 0.6) is 5.88 Å². The average molecular weight is 314 g/mol. The van der Waals surface area contributed by atoms with Crippen molar-refractivity contribution in [3.05, 3.63) is 35.9 Å². The van der Waals surface area contributed by atoms with Crippen molar-refractivity contribution in [1.29, 1.82) is 5.26 Å². The predicted molar refractivity (Wildman–Crippen MR) is 88.1 cm³/mol. The van der Waals surface area contributed by atoms with Gasteiger partial charge in [-0.25, -0.2) is 4.98 Å². The highest BCUT2D eigenvalue weighted by Crippen LogP contribution is 2.17. The fraction of sp³-hybridized carbons (Fsp3) is 0.471. The lowest BCUT2D eigenvalue weighted by Gasteiger charge is -2.31. The Bertz CT molecular complexity index is 569. The molecule has 1 aliphatic rings. The SMILES string of the molecule is C=N/C(=C\OCN1CCC(Oc2ccc(C#N)cn2)CC1)CC. The maximum atomic E-state index is 8.75. The lowest BCUT2D eigenvalue weighted by Crippen LogP contribution is -2.39. The highest BCUT2D eigenvalue weighted by molar-refractivity contribution is 5.28. The molecule has 23 heavy (non-hydrogen) atoms. The van der Waals surface area contributed by atoms with Gasteiger partial charge in [0.2, 0.25) is 5.88 Å². The molecule has 0 aliphatic carbocycles. The molecule has 6 nitrogen and oxygen atoms in total. The van der Waals surface area contributed by atoms with Gasteiger partial charge in [0, 0.05) is 25.4 Å². The standard InChI is InChI=1S/C17H22N4O2/c1-3-15(19-2)12-22-13-21-8-6-16(7-9-21)23-17-5-4-14(10-18)11-20-17/h4-5,11-12,16H,2-3,6-9,13H2,1H3/b15-12-. The number of aliphatic imine (C=N–C) groups is 1. The number of nitriles is 1. The molecule has 0 unspecified atom stereocenters. The molecule has 1 aromatic rings. The van der Waals surface area contributed by atoms with Crippen LogP contribution in [0.2, 0.25) is 0 Å². The lowest BCUT2D eigenvalue weighted by molar-refractivity contribution is 0.0342. The van der Waals surface area contributed by atoms with Gasteiger partial charge in [0.25, 0.3) is 0 Å². The van der Waals surface area contributed by atoms with Gasteiger partial charge in [-0.2, -0.15) is 5.26 Å². The van der Waals surface area contributed by atoms with Gasteiger partial charge in [-0.1, -0.05) is 6.92 Å². The smallest absolute Gasteiger partial charge is 0.213 e. The second-order valence-electron chi connectivity index (χ2n) is 5.35. The van der Waals surface area contributed by atoms with Crippen molar-refractivity contribution in [3.8, 4) is 11.9 Å². The van der Waals surface area contributed by atoms with Crippen molar-refractivity contribution in [3.63, 3.8) is 0 Å². The van der Waals surface area contributed by atoms with Crippen LogP contribution < -0.4 is 4.74 Å². The van der Waals surface area contributed by atoms with E-state index in [1.807, 2.05) is 13.0 Å². The van der Waals surface area contributed by atoms with E-state index < -0.39 is 0 Å². The molecule has 1 fully saturated rings. The highest BCUT2D eigenvalue weighted by Gasteiger charge is 2.20. The zero-order valence-corrected chi connectivity index (χ0v) is 13.4. The first kappa shape index (κ1) is 17.0. The Morgan fingerprint density at radius 2 is 2.30 bits per heavy atom. The lowest BCUT2D eigenvalue weighted by atomic mass is 10.1. The monoisotopic (exact) mass is 314 g/mol. The number of hydrogen-bond acceptors (Lipinski definition) is 6. The van der Waals surface area contributed by atoms with Gasteiger partial charge in [0.15, 0.2) is 0 Å². The van der Waals surface area contributed by atoms with E-state index in [-0.39, 0.29) is 6.10 Å². The Hall–Kier alpha value is -2.39. The minimum atomic E-state index is 0.156. The van der Waals surface area contributed by atoms with Crippen molar-refractivity contribution in [2.24, 2.45) is 4.99 Å². The molecule has 0 atom stereocenters. The molecule has 0 saturated carbocycles. The summed E-state index contributed by atoms with van der Waals surface area (Å²) in [6, 6.07) is 5.51. The van der Waals surface area contributed by atoms with Crippen molar-refractivity contribution < 1.29 is 9.47 Å². The van der Waals surface area contributed by atoms with E-state index in [0.29, 0.717) is 18.2 Å². The number of rotatable bonds is 7. The van der Waals surface area contributed by atoms with Crippen LogP contribution in [-0.4, -0.2) is 42.5 Å². The summed E-state index contributed by atoms with van der Waals surface area (Å²) in [4.78, 5) is 10.3. The Morgan fingerprint density at radius 3 is 2.87 bits per heavy atom. The van der Waals surface area contributed by atoms with Crippen LogP contribution >= 0.6 is 0 Å². The molecule has 0 N–H and O–H groups in total. The largest absolute Gasteiger partial charge is 0.484 e. The minimum Gasteiger partial charge on any atom is -0.484 e. The van der Waals surface area contributed by atoms with Crippen molar-refractivity contribution in [2.75, 3.05) is 19.8 Å². The minimum absolute atomic E-state index is 0.156. The zero-order chi connectivity index (χ0) is 16.5. The van der Waals surface area contributed by atoms with Gasteiger partial charge < -0.3 is 9.47 Å². The molecule has 1 aromatic heterocycles. The van der Waals surface area contributed by atoms with Crippen LogP contribution in [0.3, 0.4) is 0 Å². The molecule has 0 spiro atoms. The summed E-state index contributed by atoms with van der Waals surface area (Å²) in [6.07, 6.45) is 6.03. The first-order chi connectivity index (χ1) is 11.2. The quantitative estimate of drug-likeness (QED) is 0.571. The summed E-state index contributed by atoms with van der Waals surface area (Å²) in [5.74, 6) is 0.575. The third kappa shape index (κ3) is 5.38. The summed E-state index contributed by atoms with van der Waals surface area (Å²) in [5.41, 5.74) is 1.40. The van der Waals surface area contributed by atoms with Crippen LogP contribution in [0, 0.1) is 11.3 Å². The summed E-state index contributed by atoms with van der Waals surface area (Å²) < 4.78 is 11.4. The molecule has 6 heteroatoms. The number of pyridine rings is 1. The predicted octanol–water partition coefficient (Wildman–Crippen LogP) is 2.72. The van der Waals surface area contributed by atoms with Crippen LogP contribution in [-0.2, 0) is 4.74 Å². The molecule has 122 valence electrons. The van der Waals surface area contributed by atoms with Gasteiger partial charge in [-0.3, -0.25) is 9.89 Å². The van der Waals surface area contributed by atoms with Gasteiger partial charge >= 0.3 is 0 Å². The number of nitrogens with zero attached hydrogens (tertiary/aromatic N) is 4. The molecule has 2 heterocycles. The molecule has 0 radical (unpaired) electrons. The summed E-state index contributed by atoms with van der Waals surface area (Å²) in [6.45, 7) is 7.91. The Balaban J connectivity index is 1.72. The van der Waals surface area contributed by atoms with Crippen molar-refractivity contribution >= 4 is 6.72 Å². The zero-order valence-electron chi connectivity index (χ0n) is 13.4. The normalized spacial score (nSPS) is 16.6. The number of hydrogen-bond donors (Lipinski definition) is 0. The van der Waals surface area contributed by atoms with E-state index in [1.165, 1.54) is 6.20 Å². The van der Waals surface area contributed by atoms with E-state index in [1.54, 1.807) is 18.4 Å². The van der Waals surface area contributed by atoms with Crippen LogP contribution in [0.4, 0.5) is 0 Å². The fourth-order valence-electron chi connectivity index (χ4n) is 2.31. The maximum absolute atomic E-state index is 8.75. The Kier molecular flexibility index (Phi) is 6.57. The Morgan fingerprint density at radius 1 is 1.52 bits per heavy atom. The summed E-state index contributed by atoms with van der Waals surface area (Å²) >= 11 is 0. The van der Waals surface area contributed by atoms with Crippen LogP contribution in [0.1, 0.15) is 31.7 Å². The Labute approximate surface area is 137 Å². The first-order valence-electron chi connectivity index (χ1n) is 7.77. The molecule has 2 rings (SSSR count). The molecule has 0 aromatic carbocycles. The topological polar surface area (TPSA) is 70.7 Å². The molecular formula is C17H22N4O2. The van der Waals surface area contributed by atoms with E-state index >= 15 is 0 Å². The number of ether oxygens (including phenoxy) is 2. The molecular weight excluding hydrogens is 292 g/mol. The van der Waals surface area contributed by atoms with E-state index in [9.17, 15) is 0 Å². The first-order valence-corrected chi connectivity index (χ1v) is 7.77. The summed E-state index contributed by atoms with van der Waals surface area (Å²) in [7, 11) is 0. The third-order valence-corrected chi connectivity index (χ3v) is 3.73. The second-order valence-corrected chi connectivity index (χ2v) is 5.35. The van der Waals surface area contributed by atoms with Gasteiger partial charge in [0.1, 0.15) is 25.2 Å². The number of likely N-dealkylation sites (tertiary alicyclic amines) is 1. The highest BCUT2D eigenvalue weighted by atomic mass is 16.5. The van der Waals surface area contributed by atoms with Gasteiger partial charge in [-0.15, -0.1) is 0 Å². The summed E-state index contributed by atoms with van der Waals surface area (Å²) in [5, 5.41) is 8.75. The van der Waals surface area contributed by atoms with Crippen molar-refractivity contribution in [1.82, 2.24) is 9.88 Å². The number of piperidine rings is 1. The van der Waals surface area contributed by atoms with E-state index in [0.717, 1.165) is 38.0 Å². The fourth-order valence-corrected chi connectivity index (χ4v) is 2.31. The third-order valence-electron chi connectivity index (χ3n) is 3.73. The molecule has 0 bridgehead atoms. The van der Waals surface area contributed by atoms with Crippen LogP contribution in [0.15, 0.2) is 35.3 Å². The number of allylic oxidation sites excluding steroid dienone is 1.